The number of likely N-dealkylation sites (tertiary alicyclic amines) is 1. The van der Waals surface area contributed by atoms with Crippen molar-refractivity contribution in [3.8, 4) is 11.5 Å². The first-order valence-corrected chi connectivity index (χ1v) is 10.1. The summed E-state index contributed by atoms with van der Waals surface area (Å²) in [6, 6.07) is 14.5. The SMILES string of the molecule is COc1cc(/C=C/C(=O)NC(Cc2ccccc2)C(=O)N2CCCC2)cc(OC)c1. The Kier molecular flexibility index (Phi) is 7.49. The van der Waals surface area contributed by atoms with Crippen LogP contribution in [0.25, 0.3) is 6.08 Å². The third-order valence-corrected chi connectivity index (χ3v) is 5.12. The number of carbonyl (C=O) groups is 2. The molecule has 0 saturated carbocycles. The Morgan fingerprint density at radius 3 is 2.27 bits per heavy atom. The molecular weight excluding hydrogens is 380 g/mol. The molecule has 1 N–H and O–H groups in total. The second-order valence-corrected chi connectivity index (χ2v) is 7.26. The molecule has 1 atom stereocenters. The zero-order valence-electron chi connectivity index (χ0n) is 17.5. The second-order valence-electron chi connectivity index (χ2n) is 7.26. The van der Waals surface area contributed by atoms with Crippen molar-refractivity contribution in [2.45, 2.75) is 25.3 Å². The summed E-state index contributed by atoms with van der Waals surface area (Å²) in [5.74, 6) is 0.938. The summed E-state index contributed by atoms with van der Waals surface area (Å²) in [6.45, 7) is 1.50. The molecule has 0 radical (unpaired) electrons. The lowest BCUT2D eigenvalue weighted by atomic mass is 10.0. The van der Waals surface area contributed by atoms with Gasteiger partial charge in [0.05, 0.1) is 14.2 Å². The minimum Gasteiger partial charge on any atom is -0.497 e. The molecule has 2 aromatic rings. The van der Waals surface area contributed by atoms with E-state index in [9.17, 15) is 9.59 Å². The van der Waals surface area contributed by atoms with Gasteiger partial charge in [-0.25, -0.2) is 0 Å². The van der Waals surface area contributed by atoms with Crippen LogP contribution in [0.15, 0.2) is 54.6 Å². The summed E-state index contributed by atoms with van der Waals surface area (Å²) in [6.07, 6.45) is 5.59. The van der Waals surface area contributed by atoms with E-state index >= 15 is 0 Å². The molecule has 30 heavy (non-hydrogen) atoms. The summed E-state index contributed by atoms with van der Waals surface area (Å²) < 4.78 is 10.5. The highest BCUT2D eigenvalue weighted by atomic mass is 16.5. The van der Waals surface area contributed by atoms with Gasteiger partial charge in [0.15, 0.2) is 0 Å². The number of methoxy groups -OCH3 is 2. The van der Waals surface area contributed by atoms with Crippen LogP contribution in [0.3, 0.4) is 0 Å². The van der Waals surface area contributed by atoms with E-state index in [1.54, 1.807) is 26.4 Å². The fourth-order valence-electron chi connectivity index (χ4n) is 3.53. The molecule has 3 rings (SSSR count). The Balaban J connectivity index is 1.72. The van der Waals surface area contributed by atoms with Crippen LogP contribution in [0.2, 0.25) is 0 Å². The van der Waals surface area contributed by atoms with Crippen LogP contribution in [0, 0.1) is 0 Å². The van der Waals surface area contributed by atoms with E-state index in [-0.39, 0.29) is 11.8 Å². The topological polar surface area (TPSA) is 67.9 Å². The summed E-state index contributed by atoms with van der Waals surface area (Å²) in [5.41, 5.74) is 1.78. The first-order valence-electron chi connectivity index (χ1n) is 10.1. The Bertz CT molecular complexity index is 867. The zero-order valence-corrected chi connectivity index (χ0v) is 17.5. The monoisotopic (exact) mass is 408 g/mol. The molecule has 1 aliphatic rings. The standard InChI is InChI=1S/C24H28N2O4/c1-29-20-14-19(15-21(17-20)30-2)10-11-23(27)25-22(16-18-8-4-3-5-9-18)24(28)26-12-6-7-13-26/h3-5,8-11,14-15,17,22H,6-7,12-13,16H2,1-2H3,(H,25,27)/b11-10+. The zero-order chi connectivity index (χ0) is 21.3. The first-order chi connectivity index (χ1) is 14.6. The van der Waals surface area contributed by atoms with Gasteiger partial charge in [-0.05, 0) is 42.2 Å². The maximum atomic E-state index is 13.0. The van der Waals surface area contributed by atoms with Gasteiger partial charge in [0.2, 0.25) is 11.8 Å². The molecule has 2 amide bonds. The van der Waals surface area contributed by atoms with Crippen molar-refractivity contribution in [1.29, 1.82) is 0 Å². The van der Waals surface area contributed by atoms with Crippen molar-refractivity contribution >= 4 is 17.9 Å². The molecule has 0 aromatic heterocycles. The number of hydrogen-bond acceptors (Lipinski definition) is 4. The molecule has 0 aliphatic carbocycles. The van der Waals surface area contributed by atoms with Crippen molar-refractivity contribution in [2.24, 2.45) is 0 Å². The van der Waals surface area contributed by atoms with Gasteiger partial charge in [0.25, 0.3) is 0 Å². The van der Waals surface area contributed by atoms with E-state index in [1.807, 2.05) is 47.4 Å². The third kappa shape index (κ3) is 5.86. The minimum atomic E-state index is -0.595. The summed E-state index contributed by atoms with van der Waals surface area (Å²) in [5, 5.41) is 2.89. The number of nitrogens with one attached hydrogen (secondary N) is 1. The number of hydrogen-bond donors (Lipinski definition) is 1. The van der Waals surface area contributed by atoms with Gasteiger partial charge in [0, 0.05) is 31.7 Å². The van der Waals surface area contributed by atoms with Crippen LogP contribution in [0.5, 0.6) is 11.5 Å². The van der Waals surface area contributed by atoms with Crippen molar-refractivity contribution in [2.75, 3.05) is 27.3 Å². The third-order valence-electron chi connectivity index (χ3n) is 5.12. The molecular formula is C24H28N2O4. The van der Waals surface area contributed by atoms with E-state index in [2.05, 4.69) is 5.32 Å². The number of amides is 2. The highest BCUT2D eigenvalue weighted by Gasteiger charge is 2.27. The molecule has 6 nitrogen and oxygen atoms in total. The summed E-state index contributed by atoms with van der Waals surface area (Å²) in [4.78, 5) is 27.4. The number of rotatable bonds is 8. The lowest BCUT2D eigenvalue weighted by Crippen LogP contribution is -2.48. The van der Waals surface area contributed by atoms with Crippen LogP contribution in [0.4, 0.5) is 0 Å². The highest BCUT2D eigenvalue weighted by molar-refractivity contribution is 5.95. The lowest BCUT2D eigenvalue weighted by molar-refractivity contribution is -0.134. The molecule has 158 valence electrons. The number of ether oxygens (including phenoxy) is 2. The fourth-order valence-corrected chi connectivity index (χ4v) is 3.53. The van der Waals surface area contributed by atoms with Crippen LogP contribution in [-0.4, -0.2) is 50.1 Å². The van der Waals surface area contributed by atoms with Crippen LogP contribution >= 0.6 is 0 Å². The van der Waals surface area contributed by atoms with Crippen LogP contribution < -0.4 is 14.8 Å². The predicted octanol–water partition coefficient (Wildman–Crippen LogP) is 3.07. The smallest absolute Gasteiger partial charge is 0.245 e. The first kappa shape index (κ1) is 21.4. The second kappa shape index (κ2) is 10.5. The van der Waals surface area contributed by atoms with Gasteiger partial charge in [-0.3, -0.25) is 9.59 Å². The molecule has 1 saturated heterocycles. The molecule has 0 bridgehead atoms. The van der Waals surface area contributed by atoms with Crippen molar-refractivity contribution in [3.05, 3.63) is 65.7 Å². The van der Waals surface area contributed by atoms with E-state index in [0.717, 1.165) is 37.1 Å². The number of benzene rings is 2. The van der Waals surface area contributed by atoms with Crippen molar-refractivity contribution in [1.82, 2.24) is 10.2 Å². The molecule has 1 aliphatic heterocycles. The van der Waals surface area contributed by atoms with Gasteiger partial charge in [0.1, 0.15) is 17.5 Å². The Hall–Kier alpha value is -3.28. The molecule has 6 heteroatoms. The number of nitrogens with zero attached hydrogens (tertiary/aromatic N) is 1. The van der Waals surface area contributed by atoms with Gasteiger partial charge < -0.3 is 19.7 Å². The average molecular weight is 408 g/mol. The Labute approximate surface area is 177 Å². The fraction of sp³-hybridized carbons (Fsp3) is 0.333. The van der Waals surface area contributed by atoms with Crippen molar-refractivity contribution in [3.63, 3.8) is 0 Å². The lowest BCUT2D eigenvalue weighted by Gasteiger charge is -2.23. The molecule has 0 spiro atoms. The highest BCUT2D eigenvalue weighted by Crippen LogP contribution is 2.23. The maximum Gasteiger partial charge on any atom is 0.245 e. The van der Waals surface area contributed by atoms with Crippen LogP contribution in [-0.2, 0) is 16.0 Å². The quantitative estimate of drug-likeness (QED) is 0.682. The maximum absolute atomic E-state index is 13.0. The Morgan fingerprint density at radius 2 is 1.67 bits per heavy atom. The van der Waals surface area contributed by atoms with E-state index in [1.165, 1.54) is 6.08 Å². The van der Waals surface area contributed by atoms with E-state index in [0.29, 0.717) is 17.9 Å². The van der Waals surface area contributed by atoms with E-state index in [4.69, 9.17) is 9.47 Å². The van der Waals surface area contributed by atoms with Gasteiger partial charge in [-0.1, -0.05) is 30.3 Å². The molecule has 1 unspecified atom stereocenters. The van der Waals surface area contributed by atoms with E-state index < -0.39 is 6.04 Å². The average Bonchev–Trinajstić information content (AvgIpc) is 3.32. The summed E-state index contributed by atoms with van der Waals surface area (Å²) in [7, 11) is 3.15. The van der Waals surface area contributed by atoms with Crippen molar-refractivity contribution < 1.29 is 19.1 Å². The Morgan fingerprint density at radius 1 is 1.03 bits per heavy atom. The minimum absolute atomic E-state index is 0.0267. The molecule has 1 fully saturated rings. The normalized spacial score (nSPS) is 14.5. The van der Waals surface area contributed by atoms with Gasteiger partial charge >= 0.3 is 0 Å². The van der Waals surface area contributed by atoms with Gasteiger partial charge in [-0.2, -0.15) is 0 Å². The molecule has 2 aromatic carbocycles. The van der Waals surface area contributed by atoms with Gasteiger partial charge in [-0.15, -0.1) is 0 Å². The largest absolute Gasteiger partial charge is 0.497 e. The summed E-state index contributed by atoms with van der Waals surface area (Å²) >= 11 is 0. The van der Waals surface area contributed by atoms with Crippen LogP contribution in [0.1, 0.15) is 24.0 Å². The molecule has 1 heterocycles. The predicted molar refractivity (Wildman–Crippen MR) is 116 cm³/mol. The number of carbonyl (C=O) groups excluding carboxylic acids is 2.